The molecule has 2 rings (SSSR count). The number of halogens is 1. The van der Waals surface area contributed by atoms with E-state index in [9.17, 15) is 14.0 Å². The number of β-lactam (4-membered cyclic amide) rings is 1. The van der Waals surface area contributed by atoms with E-state index in [0.717, 1.165) is 6.07 Å². The topological polar surface area (TPSA) is 63.4 Å². The van der Waals surface area contributed by atoms with E-state index in [0.29, 0.717) is 18.7 Å². The number of rotatable bonds is 2. The minimum atomic E-state index is -0.811. The van der Waals surface area contributed by atoms with Crippen molar-refractivity contribution in [3.63, 3.8) is 0 Å². The maximum absolute atomic E-state index is 13.3. The van der Waals surface area contributed by atoms with Crippen molar-refractivity contribution in [1.29, 1.82) is 0 Å². The molecule has 15 heavy (non-hydrogen) atoms. The zero-order valence-electron chi connectivity index (χ0n) is 7.87. The van der Waals surface area contributed by atoms with Crippen LogP contribution in [0.3, 0.4) is 0 Å². The third-order valence-electron chi connectivity index (χ3n) is 2.38. The fraction of sp³-hybridized carbons (Fsp3) is 0.200. The van der Waals surface area contributed by atoms with E-state index in [1.807, 2.05) is 0 Å². The average Bonchev–Trinajstić information content (AvgIpc) is 2.15. The molecule has 5 heteroatoms. The number of amides is 2. The van der Waals surface area contributed by atoms with Crippen molar-refractivity contribution in [2.75, 3.05) is 11.4 Å². The van der Waals surface area contributed by atoms with Gasteiger partial charge in [0.05, 0.1) is 5.56 Å². The Morgan fingerprint density at radius 1 is 1.47 bits per heavy atom. The van der Waals surface area contributed by atoms with Crippen LogP contribution in [0, 0.1) is 5.82 Å². The van der Waals surface area contributed by atoms with Crippen LogP contribution in [0.2, 0.25) is 0 Å². The number of hydrogen-bond donors (Lipinski definition) is 1. The largest absolute Gasteiger partial charge is 0.366 e. The number of nitrogens with two attached hydrogens (primary N) is 1. The van der Waals surface area contributed by atoms with Gasteiger partial charge in [0.25, 0.3) is 5.91 Å². The summed E-state index contributed by atoms with van der Waals surface area (Å²) in [6, 6.07) is 3.95. The summed E-state index contributed by atoms with van der Waals surface area (Å²) in [5.41, 5.74) is 5.26. The van der Waals surface area contributed by atoms with Crippen molar-refractivity contribution in [3.8, 4) is 0 Å². The monoisotopic (exact) mass is 208 g/mol. The summed E-state index contributed by atoms with van der Waals surface area (Å²) in [6.45, 7) is 0.591. The normalized spacial score (nSPS) is 15.0. The van der Waals surface area contributed by atoms with Crippen molar-refractivity contribution in [2.24, 2.45) is 5.73 Å². The highest BCUT2D eigenvalue weighted by molar-refractivity contribution is 6.00. The highest BCUT2D eigenvalue weighted by Crippen LogP contribution is 2.23. The first-order valence-corrected chi connectivity index (χ1v) is 4.49. The van der Waals surface area contributed by atoms with Gasteiger partial charge in [-0.3, -0.25) is 9.59 Å². The molecule has 0 unspecified atom stereocenters. The lowest BCUT2D eigenvalue weighted by atomic mass is 10.1. The summed E-state index contributed by atoms with van der Waals surface area (Å²) in [5.74, 6) is -1.55. The number of benzene rings is 1. The van der Waals surface area contributed by atoms with Crippen LogP contribution in [0.25, 0.3) is 0 Å². The van der Waals surface area contributed by atoms with E-state index in [-0.39, 0.29) is 11.5 Å². The third kappa shape index (κ3) is 1.56. The van der Waals surface area contributed by atoms with Crippen LogP contribution < -0.4 is 10.6 Å². The molecule has 1 aliphatic heterocycles. The Bertz CT molecular complexity index is 445. The van der Waals surface area contributed by atoms with Gasteiger partial charge in [-0.05, 0) is 18.2 Å². The number of carbonyl (C=O) groups is 2. The molecule has 0 aliphatic carbocycles. The molecular weight excluding hydrogens is 199 g/mol. The number of hydrogen-bond acceptors (Lipinski definition) is 2. The summed E-state index contributed by atoms with van der Waals surface area (Å²) in [5, 5.41) is 0. The highest BCUT2D eigenvalue weighted by Gasteiger charge is 2.25. The Kier molecular flexibility index (Phi) is 2.15. The molecule has 2 amide bonds. The molecule has 1 saturated heterocycles. The fourth-order valence-electron chi connectivity index (χ4n) is 1.46. The van der Waals surface area contributed by atoms with E-state index >= 15 is 0 Å². The van der Waals surface area contributed by atoms with Gasteiger partial charge < -0.3 is 10.6 Å². The number of nitrogens with zero attached hydrogens (tertiary/aromatic N) is 1. The van der Waals surface area contributed by atoms with Crippen molar-refractivity contribution in [3.05, 3.63) is 29.6 Å². The molecule has 0 bridgehead atoms. The first kappa shape index (κ1) is 9.64. The molecule has 1 fully saturated rings. The third-order valence-corrected chi connectivity index (χ3v) is 2.38. The van der Waals surface area contributed by atoms with E-state index in [4.69, 9.17) is 5.73 Å². The maximum atomic E-state index is 13.3. The van der Waals surface area contributed by atoms with Crippen LogP contribution >= 0.6 is 0 Å². The molecule has 0 atom stereocenters. The molecule has 1 aromatic rings. The van der Waals surface area contributed by atoms with Crippen LogP contribution in [0.1, 0.15) is 16.8 Å². The van der Waals surface area contributed by atoms with Crippen molar-refractivity contribution >= 4 is 17.5 Å². The van der Waals surface area contributed by atoms with Crippen LogP contribution in [0.15, 0.2) is 18.2 Å². The zero-order chi connectivity index (χ0) is 11.0. The van der Waals surface area contributed by atoms with Gasteiger partial charge >= 0.3 is 0 Å². The smallest absolute Gasteiger partial charge is 0.251 e. The minimum absolute atomic E-state index is 0.0405. The second-order valence-electron chi connectivity index (χ2n) is 3.32. The molecule has 0 radical (unpaired) electrons. The first-order chi connectivity index (χ1) is 7.09. The van der Waals surface area contributed by atoms with E-state index < -0.39 is 11.7 Å². The highest BCUT2D eigenvalue weighted by atomic mass is 19.1. The number of anilines is 1. The van der Waals surface area contributed by atoms with Crippen LogP contribution in [-0.2, 0) is 4.79 Å². The Hall–Kier alpha value is -1.91. The Morgan fingerprint density at radius 3 is 2.60 bits per heavy atom. The number of carbonyl (C=O) groups excluding carboxylic acids is 2. The van der Waals surface area contributed by atoms with Gasteiger partial charge in [0, 0.05) is 18.7 Å². The van der Waals surface area contributed by atoms with Gasteiger partial charge in [0.1, 0.15) is 5.82 Å². The predicted octanol–water partition coefficient (Wildman–Crippen LogP) is 0.661. The molecule has 1 aliphatic rings. The zero-order valence-corrected chi connectivity index (χ0v) is 7.87. The molecule has 0 aromatic heterocycles. The predicted molar refractivity (Wildman–Crippen MR) is 51.9 cm³/mol. The van der Waals surface area contributed by atoms with E-state index in [2.05, 4.69) is 0 Å². The number of primary amides is 1. The van der Waals surface area contributed by atoms with Gasteiger partial charge in [-0.15, -0.1) is 0 Å². The van der Waals surface area contributed by atoms with Gasteiger partial charge in [0.2, 0.25) is 5.91 Å². The second-order valence-corrected chi connectivity index (χ2v) is 3.32. The second kappa shape index (κ2) is 3.34. The van der Waals surface area contributed by atoms with Crippen molar-refractivity contribution < 1.29 is 14.0 Å². The summed E-state index contributed by atoms with van der Waals surface area (Å²) in [6.07, 6.45) is 0.485. The Morgan fingerprint density at radius 2 is 2.20 bits per heavy atom. The lowest BCUT2D eigenvalue weighted by Crippen LogP contribution is -2.43. The molecule has 0 saturated carbocycles. The van der Waals surface area contributed by atoms with Gasteiger partial charge in [-0.2, -0.15) is 0 Å². The fourth-order valence-corrected chi connectivity index (χ4v) is 1.46. The molecule has 0 spiro atoms. The molecule has 4 nitrogen and oxygen atoms in total. The summed E-state index contributed by atoms with van der Waals surface area (Å²) in [4.78, 5) is 23.3. The summed E-state index contributed by atoms with van der Waals surface area (Å²) >= 11 is 0. The first-order valence-electron chi connectivity index (χ1n) is 4.49. The van der Waals surface area contributed by atoms with E-state index in [1.165, 1.54) is 17.0 Å². The lowest BCUT2D eigenvalue weighted by molar-refractivity contribution is -0.122. The summed E-state index contributed by atoms with van der Waals surface area (Å²) in [7, 11) is 0. The van der Waals surface area contributed by atoms with E-state index in [1.54, 1.807) is 0 Å². The molecule has 2 N–H and O–H groups in total. The van der Waals surface area contributed by atoms with Crippen LogP contribution in [0.4, 0.5) is 10.1 Å². The lowest BCUT2D eigenvalue weighted by Gasteiger charge is -2.30. The summed E-state index contributed by atoms with van der Waals surface area (Å²) < 4.78 is 13.3. The molecule has 1 heterocycles. The minimum Gasteiger partial charge on any atom is -0.366 e. The Balaban J connectivity index is 2.33. The Labute approximate surface area is 85.5 Å². The molecular formula is C10H9FN2O2. The quantitative estimate of drug-likeness (QED) is 0.725. The van der Waals surface area contributed by atoms with Gasteiger partial charge in [-0.25, -0.2) is 4.39 Å². The van der Waals surface area contributed by atoms with Crippen molar-refractivity contribution in [1.82, 2.24) is 0 Å². The van der Waals surface area contributed by atoms with Gasteiger partial charge in [-0.1, -0.05) is 0 Å². The molecule has 1 aromatic carbocycles. The van der Waals surface area contributed by atoms with Gasteiger partial charge in [0.15, 0.2) is 0 Å². The van der Waals surface area contributed by atoms with Crippen LogP contribution in [0.5, 0.6) is 0 Å². The maximum Gasteiger partial charge on any atom is 0.251 e. The SMILES string of the molecule is NC(=O)c1ccc(N2CCC2=O)cc1F. The van der Waals surface area contributed by atoms with Crippen molar-refractivity contribution in [2.45, 2.75) is 6.42 Å². The average molecular weight is 208 g/mol. The standard InChI is InChI=1S/C10H9FN2O2/c11-8-5-6(13-4-3-9(13)14)1-2-7(8)10(12)15/h1-2,5H,3-4H2,(H2,12,15). The van der Waals surface area contributed by atoms with Crippen LogP contribution in [-0.4, -0.2) is 18.4 Å². The molecule has 78 valence electrons.